The van der Waals surface area contributed by atoms with Gasteiger partial charge < -0.3 is 16.0 Å². The Kier molecular flexibility index (Phi) is 3.96. The van der Waals surface area contributed by atoms with E-state index in [0.717, 1.165) is 51.6 Å². The quantitative estimate of drug-likeness (QED) is 0.739. The van der Waals surface area contributed by atoms with Gasteiger partial charge in [0.1, 0.15) is 0 Å². The van der Waals surface area contributed by atoms with Crippen LogP contribution in [0.4, 0.5) is 0 Å². The third kappa shape index (κ3) is 2.82. The van der Waals surface area contributed by atoms with Crippen LogP contribution in [0.3, 0.4) is 0 Å². The largest absolute Gasteiger partial charge is 0.353 e. The van der Waals surface area contributed by atoms with E-state index in [0.29, 0.717) is 18.2 Å². The van der Waals surface area contributed by atoms with Crippen LogP contribution in [-0.2, 0) is 9.59 Å². The molecular formula is C15H25N3O2. The van der Waals surface area contributed by atoms with Gasteiger partial charge in [-0.25, -0.2) is 0 Å². The Balaban J connectivity index is 1.58. The topological polar surface area (TPSA) is 75.4 Å². The summed E-state index contributed by atoms with van der Waals surface area (Å²) in [6, 6.07) is 0.484. The average Bonchev–Trinajstić information content (AvgIpc) is 2.46. The first-order valence-corrected chi connectivity index (χ1v) is 7.97. The molecule has 3 N–H and O–H groups in total. The van der Waals surface area contributed by atoms with Crippen LogP contribution in [0.2, 0.25) is 0 Å². The van der Waals surface area contributed by atoms with Gasteiger partial charge >= 0.3 is 0 Å². The molecule has 2 aliphatic heterocycles. The molecule has 20 heavy (non-hydrogen) atoms. The highest BCUT2D eigenvalue weighted by Gasteiger charge is 2.37. The minimum atomic E-state index is 0.133. The van der Waals surface area contributed by atoms with Crippen LogP contribution in [0.15, 0.2) is 0 Å². The van der Waals surface area contributed by atoms with Crippen LogP contribution in [0.25, 0.3) is 0 Å². The summed E-state index contributed by atoms with van der Waals surface area (Å²) < 4.78 is 0. The molecule has 0 aromatic heterocycles. The first kappa shape index (κ1) is 13.9. The maximum absolute atomic E-state index is 12.6. The zero-order valence-corrected chi connectivity index (χ0v) is 12.0. The highest BCUT2D eigenvalue weighted by atomic mass is 16.2. The third-order valence-corrected chi connectivity index (χ3v) is 5.20. The fourth-order valence-electron chi connectivity index (χ4n) is 4.02. The number of hydrogen-bond donors (Lipinski definition) is 2. The molecule has 0 aromatic carbocycles. The number of nitrogens with zero attached hydrogens (tertiary/aromatic N) is 1. The molecule has 0 spiro atoms. The van der Waals surface area contributed by atoms with Crippen LogP contribution in [0.5, 0.6) is 0 Å². The summed E-state index contributed by atoms with van der Waals surface area (Å²) in [4.78, 5) is 26.1. The molecule has 4 unspecified atom stereocenters. The Labute approximate surface area is 120 Å². The van der Waals surface area contributed by atoms with E-state index in [2.05, 4.69) is 5.32 Å². The number of piperidine rings is 2. The smallest absolute Gasteiger partial charge is 0.225 e. The van der Waals surface area contributed by atoms with Crippen molar-refractivity contribution in [3.63, 3.8) is 0 Å². The van der Waals surface area contributed by atoms with E-state index in [-0.39, 0.29) is 23.9 Å². The van der Waals surface area contributed by atoms with E-state index in [9.17, 15) is 9.59 Å². The van der Waals surface area contributed by atoms with Gasteiger partial charge in [-0.15, -0.1) is 0 Å². The minimum absolute atomic E-state index is 0.133. The monoisotopic (exact) mass is 279 g/mol. The van der Waals surface area contributed by atoms with Crippen molar-refractivity contribution < 1.29 is 9.59 Å². The number of amides is 2. The van der Waals surface area contributed by atoms with Crippen molar-refractivity contribution in [2.45, 2.75) is 57.0 Å². The molecule has 1 aliphatic carbocycles. The Morgan fingerprint density at radius 2 is 2.10 bits per heavy atom. The van der Waals surface area contributed by atoms with E-state index in [4.69, 9.17) is 5.73 Å². The fourth-order valence-corrected chi connectivity index (χ4v) is 4.02. The Morgan fingerprint density at radius 1 is 1.25 bits per heavy atom. The first-order chi connectivity index (χ1) is 9.63. The minimum Gasteiger partial charge on any atom is -0.353 e. The lowest BCUT2D eigenvalue weighted by atomic mass is 9.82. The average molecular weight is 279 g/mol. The lowest BCUT2D eigenvalue weighted by Gasteiger charge is -2.43. The fraction of sp³-hybridized carbons (Fsp3) is 0.867. The molecule has 1 saturated carbocycles. The molecule has 3 rings (SSSR count). The molecule has 2 amide bonds. The van der Waals surface area contributed by atoms with Crippen LogP contribution in [0, 0.1) is 11.8 Å². The second-order valence-corrected chi connectivity index (χ2v) is 6.67. The van der Waals surface area contributed by atoms with Crippen molar-refractivity contribution in [1.82, 2.24) is 10.2 Å². The maximum atomic E-state index is 12.6. The Morgan fingerprint density at radius 3 is 2.90 bits per heavy atom. The second-order valence-electron chi connectivity index (χ2n) is 6.67. The molecule has 4 atom stereocenters. The van der Waals surface area contributed by atoms with Crippen molar-refractivity contribution in [2.75, 3.05) is 13.1 Å². The van der Waals surface area contributed by atoms with Crippen molar-refractivity contribution in [1.29, 1.82) is 0 Å². The molecule has 3 fully saturated rings. The molecule has 3 aliphatic rings. The SMILES string of the molecule is NC1CCCC(C(=O)N2CCC3NC(=O)CCC3C2)C1. The molecule has 0 bridgehead atoms. The zero-order valence-electron chi connectivity index (χ0n) is 12.0. The molecular weight excluding hydrogens is 254 g/mol. The van der Waals surface area contributed by atoms with Crippen LogP contribution in [-0.4, -0.2) is 41.9 Å². The van der Waals surface area contributed by atoms with Crippen molar-refractivity contribution in [3.05, 3.63) is 0 Å². The van der Waals surface area contributed by atoms with Crippen LogP contribution >= 0.6 is 0 Å². The van der Waals surface area contributed by atoms with Gasteiger partial charge in [-0.3, -0.25) is 9.59 Å². The number of rotatable bonds is 1. The third-order valence-electron chi connectivity index (χ3n) is 5.20. The van der Waals surface area contributed by atoms with E-state index in [1.54, 1.807) is 0 Å². The van der Waals surface area contributed by atoms with E-state index in [1.165, 1.54) is 0 Å². The van der Waals surface area contributed by atoms with Gasteiger partial charge in [0, 0.05) is 37.5 Å². The molecule has 0 radical (unpaired) electrons. The predicted molar refractivity (Wildman–Crippen MR) is 75.8 cm³/mol. The summed E-state index contributed by atoms with van der Waals surface area (Å²) >= 11 is 0. The lowest BCUT2D eigenvalue weighted by Crippen LogP contribution is -2.56. The predicted octanol–water partition coefficient (Wildman–Crippen LogP) is 0.631. The summed E-state index contributed by atoms with van der Waals surface area (Å²) in [6.07, 6.45) is 6.41. The second kappa shape index (κ2) is 5.72. The van der Waals surface area contributed by atoms with Crippen molar-refractivity contribution in [2.24, 2.45) is 17.6 Å². The summed E-state index contributed by atoms with van der Waals surface area (Å²) in [5.41, 5.74) is 6.00. The standard InChI is InChI=1S/C15H25N3O2/c16-12-3-1-2-10(8-12)15(20)18-7-6-13-11(9-18)4-5-14(19)17-13/h10-13H,1-9,16H2,(H,17,19). The normalized spacial score (nSPS) is 38.0. The zero-order chi connectivity index (χ0) is 14.1. The van der Waals surface area contributed by atoms with Gasteiger partial charge in [0.05, 0.1) is 0 Å². The lowest BCUT2D eigenvalue weighted by molar-refractivity contribution is -0.140. The van der Waals surface area contributed by atoms with Gasteiger partial charge in [0.2, 0.25) is 11.8 Å². The first-order valence-electron chi connectivity index (χ1n) is 7.97. The number of nitrogens with one attached hydrogen (secondary N) is 1. The number of nitrogens with two attached hydrogens (primary N) is 1. The summed E-state index contributed by atoms with van der Waals surface area (Å²) in [5, 5.41) is 3.07. The number of likely N-dealkylation sites (tertiary alicyclic amines) is 1. The van der Waals surface area contributed by atoms with Crippen LogP contribution < -0.4 is 11.1 Å². The van der Waals surface area contributed by atoms with Crippen molar-refractivity contribution in [3.8, 4) is 0 Å². The maximum Gasteiger partial charge on any atom is 0.225 e. The highest BCUT2D eigenvalue weighted by molar-refractivity contribution is 5.80. The van der Waals surface area contributed by atoms with Crippen molar-refractivity contribution >= 4 is 11.8 Å². The van der Waals surface area contributed by atoms with Gasteiger partial charge in [-0.05, 0) is 38.0 Å². The number of fused-ring (bicyclic) bond motifs is 1. The number of carbonyl (C=O) groups is 2. The molecule has 5 nitrogen and oxygen atoms in total. The Hall–Kier alpha value is -1.10. The van der Waals surface area contributed by atoms with Crippen LogP contribution in [0.1, 0.15) is 44.9 Å². The molecule has 2 heterocycles. The summed E-state index contributed by atoms with van der Waals surface area (Å²) in [6.45, 7) is 1.60. The molecule has 0 aromatic rings. The van der Waals surface area contributed by atoms with E-state index >= 15 is 0 Å². The summed E-state index contributed by atoms with van der Waals surface area (Å²) in [7, 11) is 0. The summed E-state index contributed by atoms with van der Waals surface area (Å²) in [5.74, 6) is 1.05. The van der Waals surface area contributed by atoms with Gasteiger partial charge in [-0.1, -0.05) is 6.42 Å². The van der Waals surface area contributed by atoms with Gasteiger partial charge in [-0.2, -0.15) is 0 Å². The van der Waals surface area contributed by atoms with E-state index in [1.807, 2.05) is 4.90 Å². The number of carbonyl (C=O) groups excluding carboxylic acids is 2. The highest BCUT2D eigenvalue weighted by Crippen LogP contribution is 2.29. The Bertz CT molecular complexity index is 399. The number of hydrogen-bond acceptors (Lipinski definition) is 3. The van der Waals surface area contributed by atoms with Gasteiger partial charge in [0.15, 0.2) is 0 Å². The van der Waals surface area contributed by atoms with E-state index < -0.39 is 0 Å². The van der Waals surface area contributed by atoms with Gasteiger partial charge in [0.25, 0.3) is 0 Å². The molecule has 2 saturated heterocycles. The molecule has 112 valence electrons. The molecule has 5 heteroatoms.